The average molecular weight is 410 g/mol. The molecule has 22 heavy (non-hydrogen) atoms. The lowest BCUT2D eigenvalue weighted by atomic mass is 10.0. The van der Waals surface area contributed by atoms with Gasteiger partial charge in [-0.15, -0.1) is 0 Å². The summed E-state index contributed by atoms with van der Waals surface area (Å²) in [7, 11) is 0. The van der Waals surface area contributed by atoms with Crippen LogP contribution in [0.25, 0.3) is 11.3 Å². The SMILES string of the molecule is Nc1cc(-c2cccc(NCC3CCOCC3)n2)c(I)cn1. The Kier molecular flexibility index (Phi) is 5.09. The van der Waals surface area contributed by atoms with Gasteiger partial charge in [0.2, 0.25) is 0 Å². The van der Waals surface area contributed by atoms with Crippen molar-refractivity contribution in [1.82, 2.24) is 9.97 Å². The van der Waals surface area contributed by atoms with Gasteiger partial charge in [0.05, 0.1) is 5.69 Å². The second kappa shape index (κ2) is 7.23. The van der Waals surface area contributed by atoms with Gasteiger partial charge in [0.15, 0.2) is 0 Å². The second-order valence-electron chi connectivity index (χ2n) is 5.43. The molecule has 3 rings (SSSR count). The summed E-state index contributed by atoms with van der Waals surface area (Å²) in [5.41, 5.74) is 7.72. The van der Waals surface area contributed by atoms with E-state index in [1.807, 2.05) is 24.3 Å². The van der Waals surface area contributed by atoms with Crippen molar-refractivity contribution in [2.24, 2.45) is 5.92 Å². The number of nitrogens with one attached hydrogen (secondary N) is 1. The summed E-state index contributed by atoms with van der Waals surface area (Å²) < 4.78 is 6.43. The molecule has 0 spiro atoms. The lowest BCUT2D eigenvalue weighted by Crippen LogP contribution is -2.22. The van der Waals surface area contributed by atoms with Gasteiger partial charge in [-0.05, 0) is 59.5 Å². The number of ether oxygens (including phenoxy) is 1. The molecule has 0 amide bonds. The molecular weight excluding hydrogens is 391 g/mol. The smallest absolute Gasteiger partial charge is 0.126 e. The number of halogens is 1. The lowest BCUT2D eigenvalue weighted by molar-refractivity contribution is 0.0699. The Morgan fingerprint density at radius 3 is 2.95 bits per heavy atom. The number of nitrogens with zero attached hydrogens (tertiary/aromatic N) is 2. The zero-order valence-corrected chi connectivity index (χ0v) is 14.4. The Bertz CT molecular complexity index is 644. The monoisotopic (exact) mass is 410 g/mol. The molecule has 0 aromatic carbocycles. The van der Waals surface area contributed by atoms with Crippen molar-refractivity contribution >= 4 is 34.2 Å². The highest BCUT2D eigenvalue weighted by atomic mass is 127. The summed E-state index contributed by atoms with van der Waals surface area (Å²) in [5, 5.41) is 3.44. The van der Waals surface area contributed by atoms with Crippen molar-refractivity contribution < 1.29 is 4.74 Å². The topological polar surface area (TPSA) is 73.1 Å². The Hall–Kier alpha value is -1.41. The van der Waals surface area contributed by atoms with Gasteiger partial charge in [-0.2, -0.15) is 0 Å². The number of aromatic nitrogens is 2. The van der Waals surface area contributed by atoms with Crippen molar-refractivity contribution in [2.45, 2.75) is 12.8 Å². The Morgan fingerprint density at radius 1 is 1.32 bits per heavy atom. The van der Waals surface area contributed by atoms with Crippen LogP contribution in [0.3, 0.4) is 0 Å². The van der Waals surface area contributed by atoms with Gasteiger partial charge in [0.1, 0.15) is 11.6 Å². The van der Waals surface area contributed by atoms with Crippen LogP contribution in [0, 0.1) is 9.49 Å². The molecule has 6 heteroatoms. The molecule has 5 nitrogen and oxygen atoms in total. The molecule has 0 saturated carbocycles. The summed E-state index contributed by atoms with van der Waals surface area (Å²) in [6.07, 6.45) is 4.01. The van der Waals surface area contributed by atoms with Crippen LogP contribution >= 0.6 is 22.6 Å². The predicted molar refractivity (Wildman–Crippen MR) is 96.6 cm³/mol. The van der Waals surface area contributed by atoms with Crippen LogP contribution in [0.5, 0.6) is 0 Å². The van der Waals surface area contributed by atoms with Gasteiger partial charge in [-0.1, -0.05) is 6.07 Å². The van der Waals surface area contributed by atoms with Gasteiger partial charge < -0.3 is 15.8 Å². The molecule has 116 valence electrons. The zero-order valence-electron chi connectivity index (χ0n) is 12.3. The fourth-order valence-corrected chi connectivity index (χ4v) is 3.11. The number of pyridine rings is 2. The Morgan fingerprint density at radius 2 is 2.14 bits per heavy atom. The van der Waals surface area contributed by atoms with Crippen molar-refractivity contribution in [3.63, 3.8) is 0 Å². The minimum absolute atomic E-state index is 0.512. The highest BCUT2D eigenvalue weighted by molar-refractivity contribution is 14.1. The molecule has 0 bridgehead atoms. The molecule has 0 radical (unpaired) electrons. The fourth-order valence-electron chi connectivity index (χ4n) is 2.53. The van der Waals surface area contributed by atoms with E-state index in [1.54, 1.807) is 6.20 Å². The number of nitrogens with two attached hydrogens (primary N) is 1. The van der Waals surface area contributed by atoms with E-state index in [2.05, 4.69) is 32.9 Å². The molecule has 0 unspecified atom stereocenters. The third kappa shape index (κ3) is 3.86. The van der Waals surface area contributed by atoms with Crippen LogP contribution in [0.4, 0.5) is 11.6 Å². The minimum Gasteiger partial charge on any atom is -0.384 e. The molecule has 0 aliphatic carbocycles. The lowest BCUT2D eigenvalue weighted by Gasteiger charge is -2.22. The van der Waals surface area contributed by atoms with Crippen molar-refractivity contribution in [3.8, 4) is 11.3 Å². The Balaban J connectivity index is 1.73. The molecular formula is C16H19IN4O. The van der Waals surface area contributed by atoms with Crippen molar-refractivity contribution in [1.29, 1.82) is 0 Å². The Labute approximate surface area is 143 Å². The van der Waals surface area contributed by atoms with Gasteiger partial charge in [-0.25, -0.2) is 9.97 Å². The molecule has 3 N–H and O–H groups in total. The molecule has 3 heterocycles. The quantitative estimate of drug-likeness (QED) is 0.758. The van der Waals surface area contributed by atoms with Crippen molar-refractivity contribution in [2.75, 3.05) is 30.8 Å². The normalized spacial score (nSPS) is 15.7. The van der Waals surface area contributed by atoms with E-state index >= 15 is 0 Å². The van der Waals surface area contributed by atoms with Crippen LogP contribution in [-0.4, -0.2) is 29.7 Å². The summed E-state index contributed by atoms with van der Waals surface area (Å²) in [4.78, 5) is 8.80. The first-order valence-electron chi connectivity index (χ1n) is 7.42. The number of hydrogen-bond donors (Lipinski definition) is 2. The van der Waals surface area contributed by atoms with Crippen LogP contribution in [0.2, 0.25) is 0 Å². The summed E-state index contributed by atoms with van der Waals surface area (Å²) in [6, 6.07) is 7.88. The first kappa shape index (κ1) is 15.5. The molecule has 1 fully saturated rings. The summed E-state index contributed by atoms with van der Waals surface area (Å²) in [6.45, 7) is 2.68. The number of nitrogen functional groups attached to an aromatic ring is 1. The van der Waals surface area contributed by atoms with E-state index < -0.39 is 0 Å². The minimum atomic E-state index is 0.512. The molecule has 0 atom stereocenters. The van der Waals surface area contributed by atoms with E-state index in [0.717, 1.165) is 53.2 Å². The van der Waals surface area contributed by atoms with Gasteiger partial charge >= 0.3 is 0 Å². The van der Waals surface area contributed by atoms with Gasteiger partial charge in [0, 0.05) is 35.1 Å². The van der Waals surface area contributed by atoms with Crippen LogP contribution in [0.1, 0.15) is 12.8 Å². The maximum atomic E-state index is 5.79. The summed E-state index contributed by atoms with van der Waals surface area (Å²) in [5.74, 6) is 2.07. The fraction of sp³-hybridized carbons (Fsp3) is 0.375. The first-order valence-corrected chi connectivity index (χ1v) is 8.50. The summed E-state index contributed by atoms with van der Waals surface area (Å²) >= 11 is 2.26. The number of hydrogen-bond acceptors (Lipinski definition) is 5. The van der Waals surface area contributed by atoms with Gasteiger partial charge in [0.25, 0.3) is 0 Å². The highest BCUT2D eigenvalue weighted by Gasteiger charge is 2.14. The largest absolute Gasteiger partial charge is 0.384 e. The molecule has 2 aromatic heterocycles. The van der Waals surface area contributed by atoms with Crippen LogP contribution in [0.15, 0.2) is 30.5 Å². The van der Waals surface area contributed by atoms with E-state index in [-0.39, 0.29) is 0 Å². The maximum absolute atomic E-state index is 5.79. The standard InChI is InChI=1S/C16H19IN4O/c17-13-10-19-15(18)8-12(13)14-2-1-3-16(21-14)20-9-11-4-6-22-7-5-11/h1-3,8,10-11H,4-7,9H2,(H2,18,19)(H,20,21). The van der Waals surface area contributed by atoms with E-state index in [4.69, 9.17) is 15.5 Å². The predicted octanol–water partition coefficient (Wildman–Crippen LogP) is 3.17. The van der Waals surface area contributed by atoms with E-state index in [9.17, 15) is 0 Å². The number of rotatable bonds is 4. The molecule has 1 saturated heterocycles. The van der Waals surface area contributed by atoms with Crippen LogP contribution < -0.4 is 11.1 Å². The van der Waals surface area contributed by atoms with E-state index in [0.29, 0.717) is 11.7 Å². The first-order chi connectivity index (χ1) is 10.7. The maximum Gasteiger partial charge on any atom is 0.126 e. The molecule has 1 aliphatic heterocycles. The third-order valence-electron chi connectivity index (χ3n) is 3.81. The second-order valence-corrected chi connectivity index (χ2v) is 6.60. The molecule has 2 aromatic rings. The van der Waals surface area contributed by atoms with Gasteiger partial charge in [-0.3, -0.25) is 0 Å². The number of anilines is 2. The average Bonchev–Trinajstić information content (AvgIpc) is 2.56. The van der Waals surface area contributed by atoms with Crippen molar-refractivity contribution in [3.05, 3.63) is 34.0 Å². The highest BCUT2D eigenvalue weighted by Crippen LogP contribution is 2.25. The van der Waals surface area contributed by atoms with E-state index in [1.165, 1.54) is 0 Å². The van der Waals surface area contributed by atoms with Crippen LogP contribution in [-0.2, 0) is 4.74 Å². The molecule has 1 aliphatic rings. The zero-order chi connectivity index (χ0) is 15.4. The third-order valence-corrected chi connectivity index (χ3v) is 4.67.